The number of fused-ring (bicyclic) bond motifs is 1. The molecule has 2 heterocycles. The molecule has 1 saturated heterocycles. The Morgan fingerprint density at radius 2 is 1.91 bits per heavy atom. The molecule has 3 N–H and O–H groups in total. The summed E-state index contributed by atoms with van der Waals surface area (Å²) in [5.41, 5.74) is 5.51. The average Bonchev–Trinajstić information content (AvgIpc) is 2.79. The number of pyridine rings is 1. The zero-order valence-electron chi connectivity index (χ0n) is 18.9. The zero-order chi connectivity index (χ0) is 24.7. The Kier molecular flexibility index (Phi) is 6.40. The van der Waals surface area contributed by atoms with Crippen LogP contribution < -0.4 is 16.1 Å². The van der Waals surface area contributed by atoms with Crippen molar-refractivity contribution in [2.45, 2.75) is 39.2 Å². The maximum absolute atomic E-state index is 15.6. The van der Waals surface area contributed by atoms with Gasteiger partial charge in [0, 0.05) is 37.0 Å². The molecular weight excluding hydrogens is 447 g/mol. The lowest BCUT2D eigenvalue weighted by Crippen LogP contribution is -2.47. The molecule has 0 spiro atoms. The van der Waals surface area contributed by atoms with Gasteiger partial charge in [-0.2, -0.15) is 0 Å². The summed E-state index contributed by atoms with van der Waals surface area (Å²) < 4.78 is 45.2. The summed E-state index contributed by atoms with van der Waals surface area (Å²) in [6.45, 7) is 4.84. The van der Waals surface area contributed by atoms with E-state index in [0.717, 1.165) is 30.8 Å². The first-order chi connectivity index (χ1) is 16.2. The van der Waals surface area contributed by atoms with Gasteiger partial charge >= 0.3 is 5.97 Å². The molecule has 0 saturated carbocycles. The lowest BCUT2D eigenvalue weighted by molar-refractivity contribution is 0.0695. The highest BCUT2D eigenvalue weighted by Crippen LogP contribution is 2.36. The van der Waals surface area contributed by atoms with Gasteiger partial charge in [-0.25, -0.2) is 18.0 Å². The molecule has 180 valence electrons. The topological polar surface area (TPSA) is 88.6 Å². The van der Waals surface area contributed by atoms with Gasteiger partial charge in [0.25, 0.3) is 0 Å². The average molecular weight is 473 g/mol. The predicted octanol–water partition coefficient (Wildman–Crippen LogP) is 4.23. The molecule has 9 heteroatoms. The van der Waals surface area contributed by atoms with E-state index in [9.17, 15) is 23.5 Å². The van der Waals surface area contributed by atoms with Gasteiger partial charge < -0.3 is 20.3 Å². The van der Waals surface area contributed by atoms with Crippen LogP contribution in [0.25, 0.3) is 16.6 Å². The van der Waals surface area contributed by atoms with Crippen LogP contribution in [0, 0.1) is 23.4 Å². The number of rotatable bonds is 5. The largest absolute Gasteiger partial charge is 0.477 e. The smallest absolute Gasteiger partial charge is 0.341 e. The molecule has 0 bridgehead atoms. The Balaban J connectivity index is 2.08. The normalized spacial score (nSPS) is 18.5. The second kappa shape index (κ2) is 9.13. The maximum atomic E-state index is 15.6. The van der Waals surface area contributed by atoms with E-state index in [1.165, 1.54) is 4.57 Å². The summed E-state index contributed by atoms with van der Waals surface area (Å²) >= 11 is 0. The molecule has 1 aliphatic heterocycles. The Hall–Kier alpha value is -3.33. The molecule has 2 atom stereocenters. The third kappa shape index (κ3) is 3.94. The Morgan fingerprint density at radius 1 is 1.18 bits per heavy atom. The van der Waals surface area contributed by atoms with Crippen molar-refractivity contribution in [1.29, 1.82) is 0 Å². The number of piperidine rings is 1. The summed E-state index contributed by atoms with van der Waals surface area (Å²) in [7, 11) is 0. The first-order valence-corrected chi connectivity index (χ1v) is 11.3. The molecule has 4 rings (SSSR count). The molecule has 3 aromatic rings. The Bertz CT molecular complexity index is 1340. The van der Waals surface area contributed by atoms with E-state index in [-0.39, 0.29) is 35.0 Å². The second-order valence-corrected chi connectivity index (χ2v) is 8.64. The number of aromatic nitrogens is 1. The number of anilines is 1. The van der Waals surface area contributed by atoms with E-state index in [0.29, 0.717) is 36.8 Å². The van der Waals surface area contributed by atoms with Crippen LogP contribution in [-0.2, 0) is 6.42 Å². The highest BCUT2D eigenvalue weighted by molar-refractivity contribution is 5.96. The number of halogens is 3. The van der Waals surface area contributed by atoms with Crippen molar-refractivity contribution in [3.05, 3.63) is 69.3 Å². The first-order valence-electron chi connectivity index (χ1n) is 11.3. The van der Waals surface area contributed by atoms with Gasteiger partial charge in [-0.15, -0.1) is 0 Å². The lowest BCUT2D eigenvalue weighted by atomic mass is 9.89. The van der Waals surface area contributed by atoms with Crippen molar-refractivity contribution in [2.75, 3.05) is 18.0 Å². The predicted molar refractivity (Wildman–Crippen MR) is 124 cm³/mol. The van der Waals surface area contributed by atoms with E-state index in [1.54, 1.807) is 6.92 Å². The molecule has 1 fully saturated rings. The van der Waals surface area contributed by atoms with Crippen LogP contribution >= 0.6 is 0 Å². The van der Waals surface area contributed by atoms with Crippen LogP contribution in [0.15, 0.2) is 35.3 Å². The van der Waals surface area contributed by atoms with Crippen molar-refractivity contribution >= 4 is 22.6 Å². The fraction of sp³-hybridized carbons (Fsp3) is 0.360. The number of aromatic carboxylic acids is 1. The summed E-state index contributed by atoms with van der Waals surface area (Å²) in [5.74, 6) is -3.77. The van der Waals surface area contributed by atoms with E-state index in [4.69, 9.17) is 5.73 Å². The van der Waals surface area contributed by atoms with Gasteiger partial charge in [-0.1, -0.05) is 20.3 Å². The molecule has 2 aromatic carbocycles. The first kappa shape index (κ1) is 23.8. The van der Waals surface area contributed by atoms with E-state index in [1.807, 2.05) is 11.8 Å². The van der Waals surface area contributed by atoms with Crippen LogP contribution in [0.3, 0.4) is 0 Å². The molecule has 1 aromatic heterocycles. The molecule has 1 aliphatic rings. The highest BCUT2D eigenvalue weighted by atomic mass is 19.1. The lowest BCUT2D eigenvalue weighted by Gasteiger charge is -2.39. The molecule has 2 unspecified atom stereocenters. The third-order valence-electron chi connectivity index (χ3n) is 6.70. The summed E-state index contributed by atoms with van der Waals surface area (Å²) in [4.78, 5) is 26.7. The number of hydrogen-bond acceptors (Lipinski definition) is 4. The van der Waals surface area contributed by atoms with Crippen molar-refractivity contribution < 1.29 is 23.1 Å². The van der Waals surface area contributed by atoms with Crippen LogP contribution in [0.1, 0.15) is 42.6 Å². The van der Waals surface area contributed by atoms with Crippen LogP contribution in [0.5, 0.6) is 0 Å². The second-order valence-electron chi connectivity index (χ2n) is 8.64. The molecule has 0 aliphatic carbocycles. The summed E-state index contributed by atoms with van der Waals surface area (Å²) in [5, 5.41) is 9.39. The number of aryl methyl sites for hydroxylation is 1. The summed E-state index contributed by atoms with van der Waals surface area (Å²) in [6, 6.07) is 3.89. The molecule has 6 nitrogen and oxygen atoms in total. The number of carbonyl (C=O) groups is 1. The fourth-order valence-corrected chi connectivity index (χ4v) is 4.91. The van der Waals surface area contributed by atoms with E-state index in [2.05, 4.69) is 0 Å². The SMILES string of the molecule is CCc1c(N2CCC(N)C(CC)C2)c(F)cc2c(=O)c(C(=O)O)cn(-c3ccc(F)cc3F)c12. The number of carboxylic acids is 1. The van der Waals surface area contributed by atoms with Gasteiger partial charge in [0.15, 0.2) is 0 Å². The van der Waals surface area contributed by atoms with Gasteiger partial charge in [0.2, 0.25) is 5.43 Å². The van der Waals surface area contributed by atoms with E-state index < -0.39 is 34.4 Å². The number of carboxylic acid groups (broad SMARTS) is 1. The van der Waals surface area contributed by atoms with Crippen molar-refractivity contribution in [1.82, 2.24) is 4.57 Å². The minimum Gasteiger partial charge on any atom is -0.477 e. The maximum Gasteiger partial charge on any atom is 0.341 e. The number of hydrogen-bond donors (Lipinski definition) is 2. The van der Waals surface area contributed by atoms with Gasteiger partial charge in [-0.3, -0.25) is 4.79 Å². The number of benzene rings is 2. The minimum absolute atomic E-state index is 0.000500. The van der Waals surface area contributed by atoms with Crippen molar-refractivity contribution in [3.8, 4) is 5.69 Å². The van der Waals surface area contributed by atoms with Gasteiger partial charge in [-0.05, 0) is 37.0 Å². The van der Waals surface area contributed by atoms with Crippen LogP contribution in [0.2, 0.25) is 0 Å². The van der Waals surface area contributed by atoms with Gasteiger partial charge in [0.1, 0.15) is 23.0 Å². The minimum atomic E-state index is -1.53. The highest BCUT2D eigenvalue weighted by Gasteiger charge is 2.30. The van der Waals surface area contributed by atoms with Crippen LogP contribution in [-0.4, -0.2) is 34.8 Å². The molecule has 0 radical (unpaired) electrons. The van der Waals surface area contributed by atoms with Crippen molar-refractivity contribution in [2.24, 2.45) is 11.7 Å². The quantitative estimate of drug-likeness (QED) is 0.579. The van der Waals surface area contributed by atoms with E-state index >= 15 is 4.39 Å². The summed E-state index contributed by atoms with van der Waals surface area (Å²) in [6.07, 6.45) is 2.79. The zero-order valence-corrected chi connectivity index (χ0v) is 18.9. The number of nitrogens with two attached hydrogens (primary N) is 1. The monoisotopic (exact) mass is 473 g/mol. The fourth-order valence-electron chi connectivity index (χ4n) is 4.91. The third-order valence-corrected chi connectivity index (χ3v) is 6.70. The van der Waals surface area contributed by atoms with Gasteiger partial charge in [0.05, 0.1) is 22.3 Å². The molecular formula is C25H26F3N3O3. The van der Waals surface area contributed by atoms with Crippen molar-refractivity contribution in [3.63, 3.8) is 0 Å². The molecule has 0 amide bonds. The Morgan fingerprint density at radius 3 is 2.53 bits per heavy atom. The molecule has 34 heavy (non-hydrogen) atoms. The number of nitrogens with zero attached hydrogens (tertiary/aromatic N) is 2. The Labute approximate surface area is 194 Å². The standard InChI is InChI=1S/C25H26F3N3O3/c1-3-13-11-30(8-7-20(13)29)23-15(4-2)22-16(10-19(23)28)24(32)17(25(33)34)12-31(22)21-6-5-14(26)9-18(21)27/h5-6,9-10,12-13,20H,3-4,7-8,11,29H2,1-2H3,(H,33,34). The van der Waals surface area contributed by atoms with Crippen LogP contribution in [0.4, 0.5) is 18.9 Å².